The van der Waals surface area contributed by atoms with Crippen LogP contribution in [0.15, 0.2) is 97.2 Å². The summed E-state index contributed by atoms with van der Waals surface area (Å²) < 4.78 is 16.7. The molecule has 0 aromatic rings. The van der Waals surface area contributed by atoms with Crippen LogP contribution in [0.25, 0.3) is 0 Å². The van der Waals surface area contributed by atoms with E-state index in [1.54, 1.807) is 0 Å². The maximum absolute atomic E-state index is 12.7. The van der Waals surface area contributed by atoms with Crippen LogP contribution in [0.1, 0.15) is 201 Å². The summed E-state index contributed by atoms with van der Waals surface area (Å²) in [6, 6.07) is 0. The Bertz CT molecular complexity index is 1220. The molecule has 0 heterocycles. The van der Waals surface area contributed by atoms with E-state index in [4.69, 9.17) is 14.2 Å². The topological polar surface area (TPSA) is 78.9 Å². The lowest BCUT2D eigenvalue weighted by Crippen LogP contribution is -2.30. The third kappa shape index (κ3) is 45.3. The van der Waals surface area contributed by atoms with E-state index >= 15 is 0 Å². The largest absolute Gasteiger partial charge is 0.462 e. The highest BCUT2D eigenvalue weighted by Crippen LogP contribution is 2.13. The Balaban J connectivity index is 4.49. The van der Waals surface area contributed by atoms with Crippen molar-refractivity contribution in [2.45, 2.75) is 207 Å². The predicted octanol–water partition coefficient (Wildman–Crippen LogP) is 15.4. The number of rotatable bonds is 41. The zero-order chi connectivity index (χ0) is 43.0. The highest BCUT2D eigenvalue weighted by molar-refractivity contribution is 5.71. The van der Waals surface area contributed by atoms with Gasteiger partial charge in [-0.05, 0) is 103 Å². The molecule has 0 rings (SSSR count). The van der Waals surface area contributed by atoms with Crippen LogP contribution in [0.3, 0.4) is 0 Å². The minimum absolute atomic E-state index is 0.107. The molecular formula is C53H86O6. The monoisotopic (exact) mass is 819 g/mol. The average molecular weight is 819 g/mol. The minimum atomic E-state index is -0.805. The quantitative estimate of drug-likeness (QED) is 0.0201. The molecule has 1 unspecified atom stereocenters. The number of carbonyl (C=O) groups excluding carboxylic acids is 3. The molecular weight excluding hydrogens is 733 g/mol. The average Bonchev–Trinajstić information content (AvgIpc) is 3.23. The van der Waals surface area contributed by atoms with Crippen molar-refractivity contribution in [2.24, 2.45) is 0 Å². The highest BCUT2D eigenvalue weighted by atomic mass is 16.6. The standard InChI is InChI=1S/C53H86O6/c1-4-7-10-13-16-19-22-24-26-27-29-31-34-37-40-43-46-52(55)58-49-50(48-57-51(54)45-42-39-36-33-30-21-18-15-12-9-6-3)59-53(56)47-44-41-38-35-32-28-25-23-20-17-14-11-8-5-2/h7-8,10-11,15-21,24,26,29-31,50H,4-6,9,12-14,22-23,25,27-28,32-49H2,1-3H3/b10-7-,11-8-,18-15-,19-16-,20-17-,26-24-,30-21-,31-29-. The van der Waals surface area contributed by atoms with Crippen molar-refractivity contribution in [1.29, 1.82) is 0 Å². The van der Waals surface area contributed by atoms with E-state index in [9.17, 15) is 14.4 Å². The minimum Gasteiger partial charge on any atom is -0.462 e. The first-order chi connectivity index (χ1) is 29.0. The Morgan fingerprint density at radius 3 is 1.15 bits per heavy atom. The molecule has 0 saturated heterocycles. The van der Waals surface area contributed by atoms with Crippen molar-refractivity contribution in [3.63, 3.8) is 0 Å². The molecule has 6 nitrogen and oxygen atoms in total. The molecule has 59 heavy (non-hydrogen) atoms. The van der Waals surface area contributed by atoms with E-state index in [0.29, 0.717) is 19.3 Å². The summed E-state index contributed by atoms with van der Waals surface area (Å²) in [5.74, 6) is -0.980. The molecule has 0 N–H and O–H groups in total. The van der Waals surface area contributed by atoms with Gasteiger partial charge in [0.15, 0.2) is 6.10 Å². The lowest BCUT2D eigenvalue weighted by atomic mass is 10.1. The van der Waals surface area contributed by atoms with E-state index in [2.05, 4.69) is 118 Å². The molecule has 0 fully saturated rings. The van der Waals surface area contributed by atoms with E-state index in [-0.39, 0.29) is 31.1 Å². The Morgan fingerprint density at radius 2 is 0.712 bits per heavy atom. The SMILES string of the molecule is CC/C=C\C/C=C\C/C=C\C/C=C\CCCCCC(=O)OCC(COC(=O)CCCCC/C=C\C=C/CCCC)OC(=O)CCCCCCCCC/C=C\C/C=C\CC. The molecule has 0 aliphatic heterocycles. The fraction of sp³-hybridized carbons (Fsp3) is 0.642. The van der Waals surface area contributed by atoms with Crippen LogP contribution in [0.2, 0.25) is 0 Å². The van der Waals surface area contributed by atoms with Gasteiger partial charge in [-0.15, -0.1) is 0 Å². The van der Waals surface area contributed by atoms with Crippen LogP contribution in [-0.2, 0) is 28.6 Å². The lowest BCUT2D eigenvalue weighted by molar-refractivity contribution is -0.167. The van der Waals surface area contributed by atoms with Crippen LogP contribution < -0.4 is 0 Å². The summed E-state index contributed by atoms with van der Waals surface area (Å²) in [7, 11) is 0. The Kier molecular flexibility index (Phi) is 44.1. The number of hydrogen-bond donors (Lipinski definition) is 0. The van der Waals surface area contributed by atoms with Gasteiger partial charge in [0, 0.05) is 19.3 Å². The second kappa shape index (κ2) is 47.0. The van der Waals surface area contributed by atoms with E-state index < -0.39 is 6.10 Å². The number of allylic oxidation sites excluding steroid dienone is 16. The van der Waals surface area contributed by atoms with Crippen molar-refractivity contribution in [2.75, 3.05) is 13.2 Å². The third-order valence-corrected chi connectivity index (χ3v) is 9.58. The van der Waals surface area contributed by atoms with Gasteiger partial charge in [0.25, 0.3) is 0 Å². The van der Waals surface area contributed by atoms with Crippen LogP contribution in [-0.4, -0.2) is 37.2 Å². The third-order valence-electron chi connectivity index (χ3n) is 9.58. The number of esters is 3. The number of hydrogen-bond acceptors (Lipinski definition) is 6. The van der Waals surface area contributed by atoms with Crippen molar-refractivity contribution in [3.05, 3.63) is 97.2 Å². The normalized spacial score (nSPS) is 12.9. The van der Waals surface area contributed by atoms with Crippen LogP contribution >= 0.6 is 0 Å². The van der Waals surface area contributed by atoms with Gasteiger partial charge in [-0.1, -0.05) is 176 Å². The Hall–Kier alpha value is -3.67. The number of carbonyl (C=O) groups is 3. The molecule has 334 valence electrons. The molecule has 0 bridgehead atoms. The second-order valence-electron chi connectivity index (χ2n) is 15.3. The molecule has 0 amide bonds. The maximum atomic E-state index is 12.7. The first kappa shape index (κ1) is 55.3. The zero-order valence-corrected chi connectivity index (χ0v) is 38.0. The molecule has 0 radical (unpaired) electrons. The summed E-state index contributed by atoms with van der Waals surface area (Å²) >= 11 is 0. The summed E-state index contributed by atoms with van der Waals surface area (Å²) in [6.07, 6.45) is 61.0. The zero-order valence-electron chi connectivity index (χ0n) is 38.0. The number of ether oxygens (including phenoxy) is 3. The summed E-state index contributed by atoms with van der Waals surface area (Å²) in [4.78, 5) is 37.8. The maximum Gasteiger partial charge on any atom is 0.306 e. The molecule has 0 aliphatic rings. The lowest BCUT2D eigenvalue weighted by Gasteiger charge is -2.18. The Morgan fingerprint density at radius 1 is 0.373 bits per heavy atom. The van der Waals surface area contributed by atoms with Gasteiger partial charge >= 0.3 is 17.9 Å². The first-order valence-electron chi connectivity index (χ1n) is 23.8. The van der Waals surface area contributed by atoms with Gasteiger partial charge in [-0.25, -0.2) is 0 Å². The van der Waals surface area contributed by atoms with Gasteiger partial charge in [-0.3, -0.25) is 14.4 Å². The van der Waals surface area contributed by atoms with Gasteiger partial charge in [0.1, 0.15) is 13.2 Å². The predicted molar refractivity (Wildman–Crippen MR) is 251 cm³/mol. The number of unbranched alkanes of at least 4 members (excludes halogenated alkanes) is 15. The summed E-state index contributed by atoms with van der Waals surface area (Å²) in [6.45, 7) is 6.28. The molecule has 0 saturated carbocycles. The van der Waals surface area contributed by atoms with Crippen LogP contribution in [0.4, 0.5) is 0 Å². The van der Waals surface area contributed by atoms with Gasteiger partial charge in [0.05, 0.1) is 0 Å². The van der Waals surface area contributed by atoms with E-state index in [1.165, 1.54) is 38.5 Å². The summed E-state index contributed by atoms with van der Waals surface area (Å²) in [5, 5.41) is 0. The molecule has 6 heteroatoms. The highest BCUT2D eigenvalue weighted by Gasteiger charge is 2.19. The molecule has 1 atom stereocenters. The van der Waals surface area contributed by atoms with Crippen molar-refractivity contribution >= 4 is 17.9 Å². The Labute approximate surface area is 362 Å². The van der Waals surface area contributed by atoms with Crippen molar-refractivity contribution in [3.8, 4) is 0 Å². The van der Waals surface area contributed by atoms with Gasteiger partial charge in [0.2, 0.25) is 0 Å². The molecule has 0 aromatic heterocycles. The van der Waals surface area contributed by atoms with E-state index in [1.807, 2.05) is 0 Å². The van der Waals surface area contributed by atoms with Gasteiger partial charge in [-0.2, -0.15) is 0 Å². The smallest absolute Gasteiger partial charge is 0.306 e. The first-order valence-corrected chi connectivity index (χ1v) is 23.8. The van der Waals surface area contributed by atoms with Crippen molar-refractivity contribution < 1.29 is 28.6 Å². The fourth-order valence-electron chi connectivity index (χ4n) is 6.03. The van der Waals surface area contributed by atoms with Crippen LogP contribution in [0, 0.1) is 0 Å². The molecule has 0 aromatic carbocycles. The molecule has 0 aliphatic carbocycles. The summed E-state index contributed by atoms with van der Waals surface area (Å²) in [5.41, 5.74) is 0. The van der Waals surface area contributed by atoms with Crippen LogP contribution in [0.5, 0.6) is 0 Å². The van der Waals surface area contributed by atoms with Crippen molar-refractivity contribution in [1.82, 2.24) is 0 Å². The van der Waals surface area contributed by atoms with E-state index in [0.717, 1.165) is 122 Å². The van der Waals surface area contributed by atoms with Gasteiger partial charge < -0.3 is 14.2 Å². The second-order valence-corrected chi connectivity index (χ2v) is 15.3. The fourth-order valence-corrected chi connectivity index (χ4v) is 6.03. The molecule has 0 spiro atoms.